The normalized spacial score (nSPS) is 14.2. The van der Waals surface area contributed by atoms with E-state index in [0.29, 0.717) is 35.0 Å². The Morgan fingerprint density at radius 1 is 1.19 bits per heavy atom. The fourth-order valence-electron chi connectivity index (χ4n) is 3.98. The molecule has 192 valence electrons. The molecule has 3 aromatic heterocycles. The number of aromatic nitrogens is 4. The van der Waals surface area contributed by atoms with Crippen molar-refractivity contribution < 1.29 is 19.0 Å². The maximum absolute atomic E-state index is 13.6. The standard InChI is InChI=1S/C25H32N6O5/c1-17(2)27-21(32)16-31-24(19-6-4-7-22(28-19)34-3)29-20-15-26-23(14-18(20)25(31)33)36-11-5-8-30-9-12-35-13-10-30/h4,6-7,14-15,17H,5,8-13,16H2,1-3H3,(H,27,32). The molecule has 1 fully saturated rings. The van der Waals surface area contributed by atoms with Crippen molar-refractivity contribution in [2.75, 3.05) is 46.6 Å². The average molecular weight is 497 g/mol. The monoisotopic (exact) mass is 496 g/mol. The van der Waals surface area contributed by atoms with E-state index >= 15 is 0 Å². The van der Waals surface area contributed by atoms with Gasteiger partial charge in [0.2, 0.25) is 17.7 Å². The van der Waals surface area contributed by atoms with Crippen molar-refractivity contribution in [1.29, 1.82) is 0 Å². The maximum atomic E-state index is 13.6. The lowest BCUT2D eigenvalue weighted by atomic mass is 10.2. The van der Waals surface area contributed by atoms with Crippen LogP contribution in [-0.2, 0) is 16.1 Å². The van der Waals surface area contributed by atoms with E-state index in [1.165, 1.54) is 17.9 Å². The number of carbonyl (C=O) groups excluding carboxylic acids is 1. The second-order valence-electron chi connectivity index (χ2n) is 8.81. The topological polar surface area (TPSA) is 121 Å². The molecule has 11 nitrogen and oxygen atoms in total. The van der Waals surface area contributed by atoms with E-state index in [9.17, 15) is 9.59 Å². The zero-order valence-corrected chi connectivity index (χ0v) is 20.9. The summed E-state index contributed by atoms with van der Waals surface area (Å²) in [5, 5.41) is 3.14. The molecule has 0 atom stereocenters. The minimum atomic E-state index is -0.376. The summed E-state index contributed by atoms with van der Waals surface area (Å²) in [5.41, 5.74) is 0.425. The van der Waals surface area contributed by atoms with E-state index in [0.717, 1.165) is 39.3 Å². The Bertz CT molecular complexity index is 1260. The molecule has 0 aliphatic carbocycles. The van der Waals surface area contributed by atoms with Gasteiger partial charge in [-0.25, -0.2) is 15.0 Å². The fourth-order valence-corrected chi connectivity index (χ4v) is 3.98. The van der Waals surface area contributed by atoms with Crippen LogP contribution in [0.3, 0.4) is 0 Å². The highest BCUT2D eigenvalue weighted by atomic mass is 16.5. The zero-order chi connectivity index (χ0) is 25.5. The van der Waals surface area contributed by atoms with E-state index in [1.54, 1.807) is 24.3 Å². The summed E-state index contributed by atoms with van der Waals surface area (Å²) in [4.78, 5) is 41.9. The Labute approximate surface area is 209 Å². The lowest BCUT2D eigenvalue weighted by Gasteiger charge is -2.26. The van der Waals surface area contributed by atoms with Gasteiger partial charge in [0.05, 0.1) is 44.0 Å². The Balaban J connectivity index is 1.61. The van der Waals surface area contributed by atoms with E-state index in [2.05, 4.69) is 25.2 Å². The Hall–Kier alpha value is -3.57. The van der Waals surface area contributed by atoms with Crippen LogP contribution in [0.2, 0.25) is 0 Å². The Morgan fingerprint density at radius 3 is 2.75 bits per heavy atom. The molecule has 1 amide bonds. The van der Waals surface area contributed by atoms with Gasteiger partial charge in [0.15, 0.2) is 5.82 Å². The molecule has 0 spiro atoms. The third-order valence-corrected chi connectivity index (χ3v) is 5.70. The zero-order valence-electron chi connectivity index (χ0n) is 20.9. The number of hydrogen-bond donors (Lipinski definition) is 1. The number of rotatable bonds is 10. The van der Waals surface area contributed by atoms with Crippen molar-refractivity contribution in [3.05, 3.63) is 40.8 Å². The van der Waals surface area contributed by atoms with Crippen LogP contribution < -0.4 is 20.3 Å². The number of pyridine rings is 2. The molecule has 11 heteroatoms. The lowest BCUT2D eigenvalue weighted by Crippen LogP contribution is -2.37. The van der Waals surface area contributed by atoms with Gasteiger partial charge in [0.25, 0.3) is 5.56 Å². The minimum absolute atomic E-state index is 0.0679. The molecule has 0 bridgehead atoms. The van der Waals surface area contributed by atoms with E-state index < -0.39 is 0 Å². The molecule has 1 saturated heterocycles. The number of methoxy groups -OCH3 is 1. The van der Waals surface area contributed by atoms with Crippen LogP contribution in [0, 0.1) is 0 Å². The number of nitrogens with one attached hydrogen (secondary N) is 1. The Morgan fingerprint density at radius 2 is 2.00 bits per heavy atom. The molecular formula is C25H32N6O5. The molecule has 3 aromatic rings. The molecular weight excluding hydrogens is 464 g/mol. The maximum Gasteiger partial charge on any atom is 0.262 e. The van der Waals surface area contributed by atoms with Gasteiger partial charge in [-0.3, -0.25) is 19.1 Å². The van der Waals surface area contributed by atoms with Crippen LogP contribution >= 0.6 is 0 Å². The summed E-state index contributed by atoms with van der Waals surface area (Å²) in [6.45, 7) is 8.27. The molecule has 36 heavy (non-hydrogen) atoms. The summed E-state index contributed by atoms with van der Waals surface area (Å²) in [6, 6.07) is 6.68. The van der Waals surface area contributed by atoms with E-state index in [1.807, 2.05) is 13.8 Å². The van der Waals surface area contributed by atoms with Crippen molar-refractivity contribution >= 4 is 16.8 Å². The number of amides is 1. The van der Waals surface area contributed by atoms with Gasteiger partial charge in [-0.2, -0.15) is 0 Å². The number of nitrogens with zero attached hydrogens (tertiary/aromatic N) is 5. The molecule has 4 rings (SSSR count). The molecule has 0 radical (unpaired) electrons. The van der Waals surface area contributed by atoms with Crippen LogP contribution in [0.4, 0.5) is 0 Å². The molecule has 1 aliphatic rings. The van der Waals surface area contributed by atoms with Crippen LogP contribution in [0.5, 0.6) is 11.8 Å². The quantitative estimate of drug-likeness (QED) is 0.416. The molecule has 4 heterocycles. The van der Waals surface area contributed by atoms with Crippen molar-refractivity contribution in [2.24, 2.45) is 0 Å². The van der Waals surface area contributed by atoms with Crippen molar-refractivity contribution in [1.82, 2.24) is 29.7 Å². The molecule has 1 aliphatic heterocycles. The number of morpholine rings is 1. The third kappa shape index (κ3) is 6.35. The minimum Gasteiger partial charge on any atom is -0.481 e. The summed E-state index contributed by atoms with van der Waals surface area (Å²) < 4.78 is 17.7. The summed E-state index contributed by atoms with van der Waals surface area (Å²) in [7, 11) is 1.51. The first-order valence-electron chi connectivity index (χ1n) is 12.1. The van der Waals surface area contributed by atoms with Gasteiger partial charge in [0, 0.05) is 37.8 Å². The van der Waals surface area contributed by atoms with Crippen LogP contribution in [0.15, 0.2) is 35.3 Å². The van der Waals surface area contributed by atoms with Gasteiger partial charge >= 0.3 is 0 Å². The Kier molecular flexibility index (Phi) is 8.44. The van der Waals surface area contributed by atoms with Crippen LogP contribution in [0.25, 0.3) is 22.4 Å². The number of ether oxygens (including phenoxy) is 3. The highest BCUT2D eigenvalue weighted by Gasteiger charge is 2.18. The molecule has 0 unspecified atom stereocenters. The molecule has 0 aromatic carbocycles. The van der Waals surface area contributed by atoms with Gasteiger partial charge in [-0.15, -0.1) is 0 Å². The smallest absolute Gasteiger partial charge is 0.262 e. The highest BCUT2D eigenvalue weighted by molar-refractivity contribution is 5.81. The lowest BCUT2D eigenvalue weighted by molar-refractivity contribution is -0.122. The van der Waals surface area contributed by atoms with Gasteiger partial charge in [-0.1, -0.05) is 6.07 Å². The first kappa shape index (κ1) is 25.5. The number of carbonyl (C=O) groups is 1. The third-order valence-electron chi connectivity index (χ3n) is 5.70. The number of fused-ring (bicyclic) bond motifs is 1. The predicted octanol–water partition coefficient (Wildman–Crippen LogP) is 1.49. The van der Waals surface area contributed by atoms with Gasteiger partial charge < -0.3 is 19.5 Å². The summed E-state index contributed by atoms with van der Waals surface area (Å²) >= 11 is 0. The predicted molar refractivity (Wildman–Crippen MR) is 134 cm³/mol. The first-order valence-corrected chi connectivity index (χ1v) is 12.1. The average Bonchev–Trinajstić information content (AvgIpc) is 2.88. The summed E-state index contributed by atoms with van der Waals surface area (Å²) in [5.74, 6) is 0.671. The van der Waals surface area contributed by atoms with Crippen molar-refractivity contribution in [2.45, 2.75) is 32.9 Å². The van der Waals surface area contributed by atoms with Gasteiger partial charge in [-0.05, 0) is 26.3 Å². The second-order valence-corrected chi connectivity index (χ2v) is 8.81. The number of hydrogen-bond acceptors (Lipinski definition) is 9. The summed E-state index contributed by atoms with van der Waals surface area (Å²) in [6.07, 6.45) is 2.34. The largest absolute Gasteiger partial charge is 0.481 e. The fraction of sp³-hybridized carbons (Fsp3) is 0.480. The van der Waals surface area contributed by atoms with E-state index in [4.69, 9.17) is 14.2 Å². The molecule has 1 N–H and O–H groups in total. The van der Waals surface area contributed by atoms with Crippen LogP contribution in [0.1, 0.15) is 20.3 Å². The molecule has 0 saturated carbocycles. The van der Waals surface area contributed by atoms with E-state index in [-0.39, 0.29) is 29.9 Å². The van der Waals surface area contributed by atoms with Gasteiger partial charge in [0.1, 0.15) is 12.2 Å². The van der Waals surface area contributed by atoms with Crippen molar-refractivity contribution in [3.8, 4) is 23.3 Å². The van der Waals surface area contributed by atoms with Crippen LogP contribution in [-0.4, -0.2) is 82.9 Å². The second kappa shape index (κ2) is 11.9. The van der Waals surface area contributed by atoms with Crippen molar-refractivity contribution in [3.63, 3.8) is 0 Å². The highest BCUT2D eigenvalue weighted by Crippen LogP contribution is 2.21. The SMILES string of the molecule is COc1cccc(-c2nc3cnc(OCCCN4CCOCC4)cc3c(=O)n2CC(=O)NC(C)C)n1. The first-order chi connectivity index (χ1) is 17.4.